The summed E-state index contributed by atoms with van der Waals surface area (Å²) in [6.07, 6.45) is 6.75. The number of hydrogen-bond donors (Lipinski definition) is 3. The van der Waals surface area contributed by atoms with E-state index in [0.29, 0.717) is 11.4 Å². The quantitative estimate of drug-likeness (QED) is 0.755. The highest BCUT2D eigenvalue weighted by molar-refractivity contribution is 5.86. The minimum atomic E-state index is 0.415. The van der Waals surface area contributed by atoms with Gasteiger partial charge in [-0.25, -0.2) is 0 Å². The number of nitrogens with zero attached hydrogens (tertiary/aromatic N) is 3. The summed E-state index contributed by atoms with van der Waals surface area (Å²) < 4.78 is 0. The van der Waals surface area contributed by atoms with Crippen LogP contribution in [0.25, 0.3) is 11.0 Å². The van der Waals surface area contributed by atoms with Gasteiger partial charge in [0, 0.05) is 13.1 Å². The van der Waals surface area contributed by atoms with Crippen LogP contribution in [0.5, 0.6) is 0 Å². The highest BCUT2D eigenvalue weighted by Crippen LogP contribution is 2.40. The first-order valence-electron chi connectivity index (χ1n) is 7.39. The number of rotatable bonds is 6. The smallest absolute Gasteiger partial charge is 0.226 e. The summed E-state index contributed by atoms with van der Waals surface area (Å²) in [4.78, 5) is 9.01. The van der Waals surface area contributed by atoms with E-state index in [4.69, 9.17) is 0 Å². The van der Waals surface area contributed by atoms with Gasteiger partial charge in [0.05, 0.1) is 11.6 Å². The molecule has 6 heteroatoms. The van der Waals surface area contributed by atoms with E-state index in [1.54, 1.807) is 6.20 Å². The Morgan fingerprint density at radius 1 is 1.30 bits per heavy atom. The molecule has 0 spiro atoms. The second-order valence-electron chi connectivity index (χ2n) is 5.97. The van der Waals surface area contributed by atoms with Crippen molar-refractivity contribution in [2.75, 3.05) is 23.7 Å². The minimum Gasteiger partial charge on any atom is -0.369 e. The average molecular weight is 274 g/mol. The van der Waals surface area contributed by atoms with E-state index in [-0.39, 0.29) is 0 Å². The Balaban J connectivity index is 1.81. The molecule has 0 bridgehead atoms. The third-order valence-electron chi connectivity index (χ3n) is 4.09. The van der Waals surface area contributed by atoms with Crippen LogP contribution in [0.15, 0.2) is 6.20 Å². The van der Waals surface area contributed by atoms with Crippen LogP contribution in [0.3, 0.4) is 0 Å². The first-order chi connectivity index (χ1) is 9.70. The number of aromatic nitrogens is 4. The SMILES string of the molecule is CCCNc1nc(NCC2(C)CCC2)c2cn[nH]c2n1. The van der Waals surface area contributed by atoms with Crippen molar-refractivity contribution in [3.05, 3.63) is 6.20 Å². The largest absolute Gasteiger partial charge is 0.369 e. The fraction of sp³-hybridized carbons (Fsp3) is 0.643. The van der Waals surface area contributed by atoms with Crippen LogP contribution in [0, 0.1) is 5.41 Å². The summed E-state index contributed by atoms with van der Waals surface area (Å²) in [6, 6.07) is 0. The van der Waals surface area contributed by atoms with E-state index in [1.165, 1.54) is 19.3 Å². The molecule has 0 aliphatic heterocycles. The summed E-state index contributed by atoms with van der Waals surface area (Å²) in [7, 11) is 0. The molecule has 0 saturated heterocycles. The molecule has 1 aliphatic carbocycles. The van der Waals surface area contributed by atoms with Crippen LogP contribution in [0.4, 0.5) is 11.8 Å². The summed E-state index contributed by atoms with van der Waals surface area (Å²) >= 11 is 0. The van der Waals surface area contributed by atoms with Crippen molar-refractivity contribution >= 4 is 22.8 Å². The van der Waals surface area contributed by atoms with Crippen LogP contribution in [-0.4, -0.2) is 33.3 Å². The molecule has 0 radical (unpaired) electrons. The second kappa shape index (κ2) is 5.26. The van der Waals surface area contributed by atoms with Gasteiger partial charge in [-0.1, -0.05) is 20.3 Å². The first-order valence-corrected chi connectivity index (χ1v) is 7.39. The molecule has 1 fully saturated rings. The molecule has 3 N–H and O–H groups in total. The maximum atomic E-state index is 4.58. The van der Waals surface area contributed by atoms with Gasteiger partial charge >= 0.3 is 0 Å². The molecule has 108 valence electrons. The number of H-pyrrole nitrogens is 1. The standard InChI is InChI=1S/C14H22N6/c1-3-7-15-13-18-11(10-8-17-20-12(10)19-13)16-9-14(2)5-4-6-14/h8H,3-7,9H2,1-2H3,(H3,15,16,17,18,19,20). The number of aromatic amines is 1. The lowest BCUT2D eigenvalue weighted by atomic mass is 9.70. The Morgan fingerprint density at radius 2 is 2.15 bits per heavy atom. The van der Waals surface area contributed by atoms with E-state index < -0.39 is 0 Å². The molecule has 1 saturated carbocycles. The summed E-state index contributed by atoms with van der Waals surface area (Å²) in [6.45, 7) is 6.28. The predicted molar refractivity (Wildman–Crippen MR) is 80.9 cm³/mol. The predicted octanol–water partition coefficient (Wildman–Crippen LogP) is 2.78. The van der Waals surface area contributed by atoms with Crippen molar-refractivity contribution in [2.24, 2.45) is 5.41 Å². The van der Waals surface area contributed by atoms with Crippen molar-refractivity contribution in [3.8, 4) is 0 Å². The highest BCUT2D eigenvalue weighted by atomic mass is 15.2. The second-order valence-corrected chi connectivity index (χ2v) is 5.97. The van der Waals surface area contributed by atoms with Crippen LogP contribution in [-0.2, 0) is 0 Å². The van der Waals surface area contributed by atoms with Crippen LogP contribution >= 0.6 is 0 Å². The third-order valence-corrected chi connectivity index (χ3v) is 4.09. The van der Waals surface area contributed by atoms with E-state index >= 15 is 0 Å². The van der Waals surface area contributed by atoms with Crippen LogP contribution in [0.2, 0.25) is 0 Å². The van der Waals surface area contributed by atoms with Crippen LogP contribution < -0.4 is 10.6 Å². The molecule has 0 aromatic carbocycles. The molecule has 3 rings (SSSR count). The van der Waals surface area contributed by atoms with Gasteiger partial charge in [-0.15, -0.1) is 0 Å². The van der Waals surface area contributed by atoms with E-state index in [1.807, 2.05) is 0 Å². The van der Waals surface area contributed by atoms with Gasteiger partial charge in [0.25, 0.3) is 0 Å². The maximum Gasteiger partial charge on any atom is 0.226 e. The summed E-state index contributed by atoms with van der Waals surface area (Å²) in [5.74, 6) is 1.53. The zero-order chi connectivity index (χ0) is 14.0. The molecule has 0 unspecified atom stereocenters. The summed E-state index contributed by atoms with van der Waals surface area (Å²) in [5.41, 5.74) is 1.19. The molecule has 2 heterocycles. The molecular weight excluding hydrogens is 252 g/mol. The van der Waals surface area contributed by atoms with Gasteiger partial charge in [0.1, 0.15) is 5.82 Å². The molecule has 0 atom stereocenters. The lowest BCUT2D eigenvalue weighted by molar-refractivity contribution is 0.180. The minimum absolute atomic E-state index is 0.415. The Bertz CT molecular complexity index is 586. The molecule has 6 nitrogen and oxygen atoms in total. The van der Waals surface area contributed by atoms with Crippen molar-refractivity contribution in [2.45, 2.75) is 39.5 Å². The molecule has 20 heavy (non-hydrogen) atoms. The maximum absolute atomic E-state index is 4.58. The molecule has 0 amide bonds. The zero-order valence-corrected chi connectivity index (χ0v) is 12.2. The van der Waals surface area contributed by atoms with Crippen molar-refractivity contribution < 1.29 is 0 Å². The van der Waals surface area contributed by atoms with Crippen molar-refractivity contribution in [1.29, 1.82) is 0 Å². The topological polar surface area (TPSA) is 78.5 Å². The van der Waals surface area contributed by atoms with Gasteiger partial charge in [0.15, 0.2) is 5.65 Å². The van der Waals surface area contributed by atoms with E-state index in [0.717, 1.165) is 36.4 Å². The molecular formula is C14H22N6. The van der Waals surface area contributed by atoms with Crippen molar-refractivity contribution in [3.63, 3.8) is 0 Å². The number of hydrogen-bond acceptors (Lipinski definition) is 5. The number of fused-ring (bicyclic) bond motifs is 1. The fourth-order valence-corrected chi connectivity index (χ4v) is 2.54. The number of anilines is 2. The van der Waals surface area contributed by atoms with E-state index in [9.17, 15) is 0 Å². The molecule has 2 aromatic rings. The van der Waals surface area contributed by atoms with Gasteiger partial charge in [0.2, 0.25) is 5.95 Å². The third kappa shape index (κ3) is 2.55. The molecule has 1 aliphatic rings. The van der Waals surface area contributed by atoms with Gasteiger partial charge < -0.3 is 10.6 Å². The Morgan fingerprint density at radius 3 is 2.85 bits per heavy atom. The van der Waals surface area contributed by atoms with Gasteiger partial charge in [-0.3, -0.25) is 5.10 Å². The Hall–Kier alpha value is -1.85. The summed E-state index contributed by atoms with van der Waals surface area (Å²) in [5, 5.41) is 14.7. The molecule has 2 aromatic heterocycles. The average Bonchev–Trinajstić information content (AvgIpc) is 2.88. The lowest BCUT2D eigenvalue weighted by Crippen LogP contribution is -2.33. The zero-order valence-electron chi connectivity index (χ0n) is 12.2. The number of nitrogens with one attached hydrogen (secondary N) is 3. The van der Waals surface area contributed by atoms with Crippen molar-refractivity contribution in [1.82, 2.24) is 20.2 Å². The van der Waals surface area contributed by atoms with Gasteiger partial charge in [-0.05, 0) is 24.7 Å². The lowest BCUT2D eigenvalue weighted by Gasteiger charge is -2.38. The highest BCUT2D eigenvalue weighted by Gasteiger charge is 2.31. The normalized spacial score (nSPS) is 16.9. The van der Waals surface area contributed by atoms with E-state index in [2.05, 4.69) is 44.6 Å². The first kappa shape index (κ1) is 13.1. The van der Waals surface area contributed by atoms with Gasteiger partial charge in [-0.2, -0.15) is 15.1 Å². The van der Waals surface area contributed by atoms with Crippen LogP contribution in [0.1, 0.15) is 39.5 Å². The Kier molecular flexibility index (Phi) is 3.46. The Labute approximate surface area is 118 Å². The fourth-order valence-electron chi connectivity index (χ4n) is 2.54. The monoisotopic (exact) mass is 274 g/mol.